The first-order chi connectivity index (χ1) is 13.9. The third-order valence-corrected chi connectivity index (χ3v) is 7.38. The van der Waals surface area contributed by atoms with Crippen LogP contribution in [0, 0.1) is 5.41 Å². The summed E-state index contributed by atoms with van der Waals surface area (Å²) in [6.45, 7) is 2.65. The Hall–Kier alpha value is -2.38. The summed E-state index contributed by atoms with van der Waals surface area (Å²) in [5, 5.41) is 0. The van der Waals surface area contributed by atoms with Crippen LogP contribution in [-0.2, 0) is 26.0 Å². The topological polar surface area (TPSA) is 72.9 Å². The Bertz CT molecular complexity index is 917. The highest BCUT2D eigenvalue weighted by Gasteiger charge is 2.45. The standard InChI is InChI=1S/C22H27NO5S/c1-3-28-21(24)22(17-18-9-11-19(27-2)12-10-18)13-15-23(16-14-22)29(25,26)20-7-5-4-6-8-20/h4-12H,3,13-17H2,1-2H3. The first kappa shape index (κ1) is 21.3. The fourth-order valence-corrected chi connectivity index (χ4v) is 5.23. The maximum Gasteiger partial charge on any atom is 0.312 e. The highest BCUT2D eigenvalue weighted by molar-refractivity contribution is 7.89. The summed E-state index contributed by atoms with van der Waals surface area (Å²) in [5.74, 6) is 0.496. The van der Waals surface area contributed by atoms with Crippen LogP contribution in [0.4, 0.5) is 0 Å². The van der Waals surface area contributed by atoms with E-state index in [2.05, 4.69) is 0 Å². The third kappa shape index (κ3) is 4.62. The molecule has 2 aromatic carbocycles. The lowest BCUT2D eigenvalue weighted by Crippen LogP contribution is -2.48. The lowest BCUT2D eigenvalue weighted by atomic mass is 9.74. The molecule has 29 heavy (non-hydrogen) atoms. The van der Waals surface area contributed by atoms with Crippen molar-refractivity contribution in [3.63, 3.8) is 0 Å². The average Bonchev–Trinajstić information content (AvgIpc) is 2.75. The number of piperidine rings is 1. The van der Waals surface area contributed by atoms with Gasteiger partial charge >= 0.3 is 5.97 Å². The fraction of sp³-hybridized carbons (Fsp3) is 0.409. The van der Waals surface area contributed by atoms with Crippen LogP contribution in [0.1, 0.15) is 25.3 Å². The summed E-state index contributed by atoms with van der Waals surface area (Å²) in [6, 6.07) is 16.0. The number of hydrogen-bond donors (Lipinski definition) is 0. The molecule has 1 aliphatic rings. The fourth-order valence-electron chi connectivity index (χ4n) is 3.77. The van der Waals surface area contributed by atoms with E-state index < -0.39 is 15.4 Å². The Labute approximate surface area is 172 Å². The Morgan fingerprint density at radius 1 is 1.03 bits per heavy atom. The number of esters is 1. The van der Waals surface area contributed by atoms with Gasteiger partial charge < -0.3 is 9.47 Å². The van der Waals surface area contributed by atoms with Gasteiger partial charge in [-0.2, -0.15) is 4.31 Å². The van der Waals surface area contributed by atoms with Crippen LogP contribution in [0.15, 0.2) is 59.5 Å². The zero-order valence-electron chi connectivity index (χ0n) is 16.8. The van der Waals surface area contributed by atoms with Crippen LogP contribution in [-0.4, -0.2) is 45.5 Å². The number of carbonyl (C=O) groups is 1. The van der Waals surface area contributed by atoms with E-state index in [4.69, 9.17) is 9.47 Å². The zero-order chi connectivity index (χ0) is 20.9. The second kappa shape index (κ2) is 8.97. The molecule has 1 saturated heterocycles. The molecule has 3 rings (SSSR count). The van der Waals surface area contributed by atoms with Crippen molar-refractivity contribution >= 4 is 16.0 Å². The van der Waals surface area contributed by atoms with Gasteiger partial charge in [0.15, 0.2) is 0 Å². The molecular weight excluding hydrogens is 390 g/mol. The molecule has 0 bridgehead atoms. The van der Waals surface area contributed by atoms with Gasteiger partial charge in [-0.1, -0.05) is 30.3 Å². The molecule has 1 aliphatic heterocycles. The second-order valence-electron chi connectivity index (χ2n) is 7.24. The van der Waals surface area contributed by atoms with Crippen LogP contribution >= 0.6 is 0 Å². The maximum atomic E-state index is 12.9. The van der Waals surface area contributed by atoms with Crippen molar-refractivity contribution in [2.45, 2.75) is 31.1 Å². The lowest BCUT2D eigenvalue weighted by Gasteiger charge is -2.39. The van der Waals surface area contributed by atoms with E-state index in [-0.39, 0.29) is 24.0 Å². The van der Waals surface area contributed by atoms with E-state index >= 15 is 0 Å². The molecule has 0 aliphatic carbocycles. The Balaban J connectivity index is 1.80. The van der Waals surface area contributed by atoms with E-state index in [0.717, 1.165) is 11.3 Å². The monoisotopic (exact) mass is 417 g/mol. The molecule has 0 spiro atoms. The van der Waals surface area contributed by atoms with Gasteiger partial charge in [-0.25, -0.2) is 8.42 Å². The molecule has 0 atom stereocenters. The van der Waals surface area contributed by atoms with E-state index in [0.29, 0.717) is 25.9 Å². The first-order valence-corrected chi connectivity index (χ1v) is 11.2. The first-order valence-electron chi connectivity index (χ1n) is 9.77. The van der Waals surface area contributed by atoms with Gasteiger partial charge in [0.1, 0.15) is 5.75 Å². The molecule has 0 aromatic heterocycles. The molecule has 1 heterocycles. The van der Waals surface area contributed by atoms with Crippen LogP contribution in [0.3, 0.4) is 0 Å². The van der Waals surface area contributed by atoms with Gasteiger partial charge in [-0.05, 0) is 56.0 Å². The van der Waals surface area contributed by atoms with Gasteiger partial charge in [-0.3, -0.25) is 4.79 Å². The summed E-state index contributed by atoms with van der Waals surface area (Å²) >= 11 is 0. The third-order valence-electron chi connectivity index (χ3n) is 5.47. The van der Waals surface area contributed by atoms with Crippen molar-refractivity contribution in [1.29, 1.82) is 0 Å². The molecule has 0 saturated carbocycles. The van der Waals surface area contributed by atoms with Crippen LogP contribution in [0.5, 0.6) is 5.75 Å². The van der Waals surface area contributed by atoms with E-state index in [9.17, 15) is 13.2 Å². The Morgan fingerprint density at radius 2 is 1.66 bits per heavy atom. The number of nitrogens with zero attached hydrogens (tertiary/aromatic N) is 1. The van der Waals surface area contributed by atoms with Gasteiger partial charge in [0.05, 0.1) is 24.0 Å². The van der Waals surface area contributed by atoms with Crippen molar-refractivity contribution in [1.82, 2.24) is 4.31 Å². The molecule has 0 unspecified atom stereocenters. The Kier molecular flexibility index (Phi) is 6.59. The molecule has 6 nitrogen and oxygen atoms in total. The predicted octanol–water partition coefficient (Wildman–Crippen LogP) is 3.27. The average molecular weight is 418 g/mol. The van der Waals surface area contributed by atoms with E-state index in [1.165, 1.54) is 4.31 Å². The van der Waals surface area contributed by atoms with Gasteiger partial charge in [0.25, 0.3) is 0 Å². The lowest BCUT2D eigenvalue weighted by molar-refractivity contribution is -0.158. The van der Waals surface area contributed by atoms with Crippen molar-refractivity contribution in [3.05, 3.63) is 60.2 Å². The minimum Gasteiger partial charge on any atom is -0.497 e. The number of benzene rings is 2. The van der Waals surface area contributed by atoms with Crippen LogP contribution in [0.2, 0.25) is 0 Å². The van der Waals surface area contributed by atoms with Crippen molar-refractivity contribution in [2.75, 3.05) is 26.8 Å². The molecule has 0 amide bonds. The summed E-state index contributed by atoms with van der Waals surface area (Å²) in [7, 11) is -1.96. The number of rotatable bonds is 7. The summed E-state index contributed by atoms with van der Waals surface area (Å²) in [4.78, 5) is 13.1. The van der Waals surface area contributed by atoms with Gasteiger partial charge in [-0.15, -0.1) is 0 Å². The zero-order valence-corrected chi connectivity index (χ0v) is 17.7. The number of methoxy groups -OCH3 is 1. The molecular formula is C22H27NO5S. The summed E-state index contributed by atoms with van der Waals surface area (Å²) in [5.41, 5.74) is 0.269. The number of ether oxygens (including phenoxy) is 2. The van der Waals surface area contributed by atoms with Crippen LogP contribution < -0.4 is 4.74 Å². The van der Waals surface area contributed by atoms with E-state index in [1.807, 2.05) is 24.3 Å². The second-order valence-corrected chi connectivity index (χ2v) is 9.18. The highest BCUT2D eigenvalue weighted by atomic mass is 32.2. The van der Waals surface area contributed by atoms with Crippen LogP contribution in [0.25, 0.3) is 0 Å². The van der Waals surface area contributed by atoms with Crippen molar-refractivity contribution < 1.29 is 22.7 Å². The molecule has 0 N–H and O–H groups in total. The normalized spacial score (nSPS) is 16.9. The Morgan fingerprint density at radius 3 is 2.21 bits per heavy atom. The molecule has 156 valence electrons. The maximum absolute atomic E-state index is 12.9. The predicted molar refractivity (Wildman–Crippen MR) is 110 cm³/mol. The number of carbonyl (C=O) groups excluding carboxylic acids is 1. The SMILES string of the molecule is CCOC(=O)C1(Cc2ccc(OC)cc2)CCN(S(=O)(=O)c2ccccc2)CC1. The minimum atomic E-state index is -3.57. The molecule has 1 fully saturated rings. The summed E-state index contributed by atoms with van der Waals surface area (Å²) < 4.78 is 37.9. The smallest absolute Gasteiger partial charge is 0.312 e. The quantitative estimate of drug-likeness (QED) is 0.647. The van der Waals surface area contributed by atoms with E-state index in [1.54, 1.807) is 44.4 Å². The van der Waals surface area contributed by atoms with Gasteiger partial charge in [0, 0.05) is 13.1 Å². The summed E-state index contributed by atoms with van der Waals surface area (Å²) in [6.07, 6.45) is 1.35. The van der Waals surface area contributed by atoms with Gasteiger partial charge in [0.2, 0.25) is 10.0 Å². The number of hydrogen-bond acceptors (Lipinski definition) is 5. The molecule has 7 heteroatoms. The largest absolute Gasteiger partial charge is 0.497 e. The molecule has 2 aromatic rings. The number of sulfonamides is 1. The van der Waals surface area contributed by atoms with Crippen molar-refractivity contribution in [3.8, 4) is 5.75 Å². The minimum absolute atomic E-state index is 0.257. The van der Waals surface area contributed by atoms with Crippen molar-refractivity contribution in [2.24, 2.45) is 5.41 Å². The highest BCUT2D eigenvalue weighted by Crippen LogP contribution is 2.38. The molecule has 0 radical (unpaired) electrons.